The molecule has 1 N–H and O–H groups in total. The number of aromatic nitrogens is 2. The van der Waals surface area contributed by atoms with E-state index >= 15 is 0 Å². The molecule has 0 aliphatic carbocycles. The summed E-state index contributed by atoms with van der Waals surface area (Å²) in [5.74, 6) is 0. The molecule has 0 radical (unpaired) electrons. The summed E-state index contributed by atoms with van der Waals surface area (Å²) in [6.45, 7) is 0. The largest absolute Gasteiger partial charge is 0.362 e. The van der Waals surface area contributed by atoms with Gasteiger partial charge in [-0.1, -0.05) is 11.2 Å². The minimum Gasteiger partial charge on any atom is -0.362 e. The van der Waals surface area contributed by atoms with Gasteiger partial charge in [0.2, 0.25) is 0 Å². The number of fused-ring (bicyclic) bond motifs is 1. The van der Waals surface area contributed by atoms with Crippen LogP contribution < -0.4 is 4.72 Å². The van der Waals surface area contributed by atoms with Gasteiger partial charge in [-0.25, -0.2) is 8.42 Å². The Kier molecular flexibility index (Phi) is 2.68. The van der Waals surface area contributed by atoms with Gasteiger partial charge in [0.1, 0.15) is 12.0 Å². The topological polar surface area (TPSA) is 85.1 Å². The van der Waals surface area contributed by atoms with Gasteiger partial charge in [-0.2, -0.15) is 0 Å². The number of hydrogen-bond acceptors (Lipinski definition) is 5. The second-order valence-corrected chi connectivity index (χ2v) is 5.56. The highest BCUT2D eigenvalue weighted by Gasteiger charge is 2.15. The molecule has 0 aliphatic heterocycles. The molecule has 0 bridgehead atoms. The molecule has 0 saturated carbocycles. The van der Waals surface area contributed by atoms with Crippen LogP contribution in [0.4, 0.5) is 5.69 Å². The van der Waals surface area contributed by atoms with Crippen molar-refractivity contribution < 1.29 is 12.9 Å². The van der Waals surface area contributed by atoms with Gasteiger partial charge in [0.25, 0.3) is 10.0 Å². The van der Waals surface area contributed by atoms with E-state index in [0.717, 1.165) is 10.9 Å². The average Bonchev–Trinajstić information content (AvgIpc) is 2.90. The third-order valence-corrected chi connectivity index (χ3v) is 3.95. The summed E-state index contributed by atoms with van der Waals surface area (Å²) in [6, 6.07) is 8.30. The molecule has 0 unspecified atom stereocenters. The van der Waals surface area contributed by atoms with Crippen molar-refractivity contribution >= 4 is 26.6 Å². The van der Waals surface area contributed by atoms with Crippen LogP contribution in [0.3, 0.4) is 0 Å². The summed E-state index contributed by atoms with van der Waals surface area (Å²) in [5, 5.41) is 4.20. The van der Waals surface area contributed by atoms with E-state index < -0.39 is 10.0 Å². The highest BCUT2D eigenvalue weighted by molar-refractivity contribution is 7.92. The molecular weight excluding hydrogens is 266 g/mol. The number of benzene rings is 1. The Morgan fingerprint density at radius 2 is 2.11 bits per heavy atom. The minimum absolute atomic E-state index is 0.161. The summed E-state index contributed by atoms with van der Waals surface area (Å²) in [7, 11) is -3.65. The van der Waals surface area contributed by atoms with E-state index in [0.29, 0.717) is 0 Å². The lowest BCUT2D eigenvalue weighted by molar-refractivity contribution is 0.420. The van der Waals surface area contributed by atoms with Gasteiger partial charge < -0.3 is 4.52 Å². The quantitative estimate of drug-likeness (QED) is 0.790. The Labute approximate surface area is 109 Å². The van der Waals surface area contributed by atoms with Crippen molar-refractivity contribution in [3.05, 3.63) is 49.0 Å². The molecule has 3 rings (SSSR count). The molecule has 0 atom stereocenters. The molecule has 2 heterocycles. The van der Waals surface area contributed by atoms with Crippen LogP contribution in [0.5, 0.6) is 0 Å². The molecule has 6 nitrogen and oxygen atoms in total. The fourth-order valence-corrected chi connectivity index (χ4v) is 2.75. The van der Waals surface area contributed by atoms with Gasteiger partial charge >= 0.3 is 0 Å². The summed E-state index contributed by atoms with van der Waals surface area (Å²) in [6.07, 6.45) is 4.17. The Morgan fingerprint density at radius 1 is 1.21 bits per heavy atom. The summed E-state index contributed by atoms with van der Waals surface area (Å²) in [5.41, 5.74) is 1.03. The van der Waals surface area contributed by atoms with E-state index in [9.17, 15) is 8.42 Å². The normalized spacial score (nSPS) is 11.6. The van der Waals surface area contributed by atoms with Crippen molar-refractivity contribution in [1.82, 2.24) is 10.1 Å². The van der Waals surface area contributed by atoms with Crippen LogP contribution in [0.2, 0.25) is 0 Å². The zero-order valence-electron chi connectivity index (χ0n) is 9.65. The Morgan fingerprint density at radius 3 is 2.89 bits per heavy atom. The Hall–Kier alpha value is -2.41. The van der Waals surface area contributed by atoms with Crippen LogP contribution in [0.1, 0.15) is 0 Å². The molecule has 19 heavy (non-hydrogen) atoms. The molecule has 0 aliphatic rings. The van der Waals surface area contributed by atoms with E-state index in [1.54, 1.807) is 30.5 Å². The molecule has 0 fully saturated rings. The summed E-state index contributed by atoms with van der Waals surface area (Å²) in [4.78, 5) is 4.30. The lowest BCUT2D eigenvalue weighted by atomic mass is 10.2. The molecule has 0 amide bonds. The first kappa shape index (κ1) is 11.7. The lowest BCUT2D eigenvalue weighted by Gasteiger charge is -2.06. The zero-order chi connectivity index (χ0) is 13.3. The monoisotopic (exact) mass is 275 g/mol. The van der Waals surface area contributed by atoms with E-state index in [1.807, 2.05) is 0 Å². The van der Waals surface area contributed by atoms with Crippen molar-refractivity contribution in [1.29, 1.82) is 0 Å². The van der Waals surface area contributed by atoms with Crippen molar-refractivity contribution in [2.24, 2.45) is 0 Å². The maximum absolute atomic E-state index is 12.1. The Bertz CT molecular complexity index is 813. The average molecular weight is 275 g/mol. The molecule has 7 heteroatoms. The van der Waals surface area contributed by atoms with E-state index in [-0.39, 0.29) is 10.6 Å². The van der Waals surface area contributed by atoms with Crippen LogP contribution in [-0.2, 0) is 10.0 Å². The third kappa shape index (κ3) is 2.27. The van der Waals surface area contributed by atoms with Gasteiger partial charge in [-0.15, -0.1) is 0 Å². The van der Waals surface area contributed by atoms with Gasteiger partial charge in [0, 0.05) is 11.6 Å². The molecule has 2 aromatic heterocycles. The van der Waals surface area contributed by atoms with Crippen LogP contribution in [-0.4, -0.2) is 18.6 Å². The van der Waals surface area contributed by atoms with E-state index in [4.69, 9.17) is 0 Å². The van der Waals surface area contributed by atoms with Gasteiger partial charge in [-0.05, 0) is 24.3 Å². The zero-order valence-corrected chi connectivity index (χ0v) is 10.5. The van der Waals surface area contributed by atoms with Crippen molar-refractivity contribution in [2.75, 3.05) is 4.72 Å². The molecular formula is C12H9N3O3S. The number of pyridine rings is 1. The second kappa shape index (κ2) is 4.36. The lowest BCUT2D eigenvalue weighted by Crippen LogP contribution is -2.12. The van der Waals surface area contributed by atoms with Crippen LogP contribution >= 0.6 is 0 Å². The maximum atomic E-state index is 12.1. The van der Waals surface area contributed by atoms with Gasteiger partial charge in [0.05, 0.1) is 16.6 Å². The molecule has 3 aromatic rings. The standard InChI is InChI=1S/C12H9N3O3S/c16-19(17,15-10-7-14-18-8-10)11-3-4-12-9(6-11)2-1-5-13-12/h1-8,15H. The van der Waals surface area contributed by atoms with E-state index in [1.165, 1.54) is 18.5 Å². The van der Waals surface area contributed by atoms with Crippen molar-refractivity contribution in [3.8, 4) is 0 Å². The number of nitrogens with one attached hydrogen (secondary N) is 1. The third-order valence-electron chi connectivity index (χ3n) is 2.57. The molecule has 1 aromatic carbocycles. The number of hydrogen-bond donors (Lipinski definition) is 1. The smallest absolute Gasteiger partial charge is 0.262 e. The van der Waals surface area contributed by atoms with Crippen LogP contribution in [0.25, 0.3) is 10.9 Å². The highest BCUT2D eigenvalue weighted by atomic mass is 32.2. The number of sulfonamides is 1. The number of nitrogens with zero attached hydrogens (tertiary/aromatic N) is 2. The SMILES string of the molecule is O=S(=O)(Nc1cnoc1)c1ccc2ncccc2c1. The fourth-order valence-electron chi connectivity index (χ4n) is 1.69. The predicted octanol–water partition coefficient (Wildman–Crippen LogP) is 2.02. The van der Waals surface area contributed by atoms with Crippen molar-refractivity contribution in [3.63, 3.8) is 0 Å². The van der Waals surface area contributed by atoms with Crippen LogP contribution in [0.15, 0.2) is 58.4 Å². The first-order chi connectivity index (χ1) is 9.15. The highest BCUT2D eigenvalue weighted by Crippen LogP contribution is 2.19. The fraction of sp³-hybridized carbons (Fsp3) is 0. The first-order valence-corrected chi connectivity index (χ1v) is 6.90. The molecule has 96 valence electrons. The summed E-state index contributed by atoms with van der Waals surface area (Å²) < 4.78 is 31.2. The number of anilines is 1. The first-order valence-electron chi connectivity index (χ1n) is 5.42. The summed E-state index contributed by atoms with van der Waals surface area (Å²) >= 11 is 0. The number of rotatable bonds is 3. The predicted molar refractivity (Wildman–Crippen MR) is 69.1 cm³/mol. The second-order valence-electron chi connectivity index (χ2n) is 3.88. The molecule has 0 spiro atoms. The maximum Gasteiger partial charge on any atom is 0.262 e. The molecule has 0 saturated heterocycles. The van der Waals surface area contributed by atoms with Crippen molar-refractivity contribution in [2.45, 2.75) is 4.90 Å². The minimum atomic E-state index is -3.65. The van der Waals surface area contributed by atoms with Crippen LogP contribution in [0, 0.1) is 0 Å². The van der Waals surface area contributed by atoms with E-state index in [2.05, 4.69) is 19.4 Å². The van der Waals surface area contributed by atoms with Gasteiger partial charge in [0.15, 0.2) is 0 Å². The Balaban J connectivity index is 2.03. The van der Waals surface area contributed by atoms with Gasteiger partial charge in [-0.3, -0.25) is 9.71 Å².